The Balaban J connectivity index is 2.21. The van der Waals surface area contributed by atoms with Gasteiger partial charge in [-0.25, -0.2) is 9.97 Å². The van der Waals surface area contributed by atoms with E-state index in [4.69, 9.17) is 16.3 Å². The maximum Gasteiger partial charge on any atom is 0.311 e. The first-order valence-corrected chi connectivity index (χ1v) is 7.25. The van der Waals surface area contributed by atoms with E-state index in [1.165, 1.54) is 12.1 Å². The van der Waals surface area contributed by atoms with E-state index in [0.717, 1.165) is 5.56 Å². The predicted molar refractivity (Wildman–Crippen MR) is 83.6 cm³/mol. The molecule has 0 aliphatic heterocycles. The Labute approximate surface area is 137 Å². The Kier molecular flexibility index (Phi) is 5.23. The molecule has 0 atom stereocenters. The van der Waals surface area contributed by atoms with Gasteiger partial charge in [0.1, 0.15) is 5.82 Å². The number of hydrogen-bond donors (Lipinski definition) is 0. The maximum atomic E-state index is 11.4. The molecule has 2 aromatic rings. The largest absolute Gasteiger partial charge is 0.421 e. The summed E-state index contributed by atoms with van der Waals surface area (Å²) in [7, 11) is 0. The molecule has 0 saturated heterocycles. The van der Waals surface area contributed by atoms with E-state index in [0.29, 0.717) is 17.9 Å². The molecule has 120 valence electrons. The monoisotopic (exact) mass is 335 g/mol. The first-order chi connectivity index (χ1) is 10.9. The summed E-state index contributed by atoms with van der Waals surface area (Å²) < 4.78 is 5.10. The SMILES string of the molecule is CCC(=O)Oc1c(C)nc(Cc2ccc([N+](=O)[O-])cc2)nc1Cl. The smallest absolute Gasteiger partial charge is 0.311 e. The lowest BCUT2D eigenvalue weighted by atomic mass is 10.1. The predicted octanol–water partition coefficient (Wildman–Crippen LogP) is 3.25. The summed E-state index contributed by atoms with van der Waals surface area (Å²) in [5, 5.41) is 10.7. The van der Waals surface area contributed by atoms with Crippen LogP contribution >= 0.6 is 11.6 Å². The molecule has 0 unspecified atom stereocenters. The van der Waals surface area contributed by atoms with E-state index < -0.39 is 10.9 Å². The number of carbonyl (C=O) groups is 1. The van der Waals surface area contributed by atoms with Gasteiger partial charge in [-0.05, 0) is 12.5 Å². The number of aryl methyl sites for hydroxylation is 1. The van der Waals surface area contributed by atoms with Gasteiger partial charge in [0.05, 0.1) is 10.6 Å². The first-order valence-electron chi connectivity index (χ1n) is 6.87. The van der Waals surface area contributed by atoms with Gasteiger partial charge < -0.3 is 4.74 Å². The number of esters is 1. The highest BCUT2D eigenvalue weighted by Crippen LogP contribution is 2.26. The van der Waals surface area contributed by atoms with E-state index in [1.807, 2.05) is 0 Å². The Morgan fingerprint density at radius 3 is 2.48 bits per heavy atom. The number of nitro benzene ring substituents is 1. The third kappa shape index (κ3) is 4.23. The first kappa shape index (κ1) is 16.8. The van der Waals surface area contributed by atoms with Crippen LogP contribution < -0.4 is 4.74 Å². The highest BCUT2D eigenvalue weighted by atomic mass is 35.5. The number of aromatic nitrogens is 2. The van der Waals surface area contributed by atoms with Crippen LogP contribution in [-0.4, -0.2) is 20.9 Å². The Hall–Kier alpha value is -2.54. The summed E-state index contributed by atoms with van der Waals surface area (Å²) in [6.45, 7) is 3.35. The number of hydrogen-bond acceptors (Lipinski definition) is 6. The fourth-order valence-corrected chi connectivity index (χ4v) is 2.15. The lowest BCUT2D eigenvalue weighted by Gasteiger charge is -2.09. The molecule has 8 heteroatoms. The number of ether oxygens (including phenoxy) is 1. The molecule has 0 radical (unpaired) electrons. The lowest BCUT2D eigenvalue weighted by Crippen LogP contribution is -2.10. The van der Waals surface area contributed by atoms with Crippen LogP contribution in [0.4, 0.5) is 5.69 Å². The van der Waals surface area contributed by atoms with Crippen LogP contribution in [0.15, 0.2) is 24.3 Å². The molecule has 0 aliphatic rings. The molecule has 1 heterocycles. The van der Waals surface area contributed by atoms with Gasteiger partial charge in [-0.1, -0.05) is 30.7 Å². The van der Waals surface area contributed by atoms with Crippen LogP contribution in [0.3, 0.4) is 0 Å². The summed E-state index contributed by atoms with van der Waals surface area (Å²) in [6.07, 6.45) is 0.584. The summed E-state index contributed by atoms with van der Waals surface area (Å²) in [5.74, 6) is 0.185. The minimum Gasteiger partial charge on any atom is -0.421 e. The molecule has 0 N–H and O–H groups in total. The minimum atomic E-state index is -0.460. The van der Waals surface area contributed by atoms with Crippen LogP contribution in [0.2, 0.25) is 5.15 Å². The zero-order valence-corrected chi connectivity index (χ0v) is 13.3. The average Bonchev–Trinajstić information content (AvgIpc) is 2.51. The topological polar surface area (TPSA) is 95.2 Å². The molecule has 0 bridgehead atoms. The molecule has 0 amide bonds. The maximum absolute atomic E-state index is 11.4. The molecular formula is C15H14ClN3O4. The summed E-state index contributed by atoms with van der Waals surface area (Å²) >= 11 is 6.05. The second-order valence-corrected chi connectivity index (χ2v) is 5.13. The fraction of sp³-hybridized carbons (Fsp3) is 0.267. The average molecular weight is 336 g/mol. The van der Waals surface area contributed by atoms with Gasteiger partial charge in [0.25, 0.3) is 5.69 Å². The van der Waals surface area contributed by atoms with Crippen molar-refractivity contribution in [2.45, 2.75) is 26.7 Å². The van der Waals surface area contributed by atoms with Crippen molar-refractivity contribution in [3.05, 3.63) is 56.6 Å². The van der Waals surface area contributed by atoms with Crippen LogP contribution in [0.5, 0.6) is 5.75 Å². The van der Waals surface area contributed by atoms with Gasteiger partial charge in [-0.2, -0.15) is 0 Å². The lowest BCUT2D eigenvalue weighted by molar-refractivity contribution is -0.384. The Morgan fingerprint density at radius 1 is 1.30 bits per heavy atom. The van der Waals surface area contributed by atoms with Crippen molar-refractivity contribution in [3.63, 3.8) is 0 Å². The molecule has 0 spiro atoms. The zero-order chi connectivity index (χ0) is 17.0. The number of rotatable bonds is 5. The van der Waals surface area contributed by atoms with E-state index in [2.05, 4.69) is 9.97 Å². The van der Waals surface area contributed by atoms with Gasteiger partial charge in [-0.15, -0.1) is 0 Å². The number of carbonyl (C=O) groups excluding carboxylic acids is 1. The number of nitrogens with zero attached hydrogens (tertiary/aromatic N) is 3. The summed E-state index contributed by atoms with van der Waals surface area (Å²) in [5.41, 5.74) is 1.29. The number of nitro groups is 1. The van der Waals surface area contributed by atoms with Gasteiger partial charge in [0, 0.05) is 25.0 Å². The van der Waals surface area contributed by atoms with Gasteiger partial charge in [0.15, 0.2) is 10.9 Å². The van der Waals surface area contributed by atoms with Crippen molar-refractivity contribution in [1.82, 2.24) is 9.97 Å². The second-order valence-electron chi connectivity index (χ2n) is 4.77. The molecule has 23 heavy (non-hydrogen) atoms. The van der Waals surface area contributed by atoms with Crippen molar-refractivity contribution in [2.75, 3.05) is 0 Å². The number of halogens is 1. The summed E-state index contributed by atoms with van der Waals surface area (Å²) in [6, 6.07) is 6.11. The molecule has 1 aromatic carbocycles. The van der Waals surface area contributed by atoms with Crippen molar-refractivity contribution >= 4 is 23.3 Å². The highest BCUT2D eigenvalue weighted by Gasteiger charge is 2.15. The van der Waals surface area contributed by atoms with E-state index in [9.17, 15) is 14.9 Å². The van der Waals surface area contributed by atoms with E-state index >= 15 is 0 Å². The third-order valence-corrected chi connectivity index (χ3v) is 3.31. The van der Waals surface area contributed by atoms with Gasteiger partial charge in [-0.3, -0.25) is 14.9 Å². The normalized spacial score (nSPS) is 10.4. The molecule has 2 rings (SSSR count). The Bertz CT molecular complexity index is 724. The zero-order valence-electron chi connectivity index (χ0n) is 12.6. The minimum absolute atomic E-state index is 0.0192. The van der Waals surface area contributed by atoms with Crippen LogP contribution in [0, 0.1) is 17.0 Å². The van der Waals surface area contributed by atoms with Gasteiger partial charge >= 0.3 is 5.97 Å². The van der Waals surface area contributed by atoms with Crippen LogP contribution in [-0.2, 0) is 11.2 Å². The van der Waals surface area contributed by atoms with Crippen molar-refractivity contribution in [3.8, 4) is 5.75 Å². The van der Waals surface area contributed by atoms with Crippen molar-refractivity contribution < 1.29 is 14.5 Å². The Morgan fingerprint density at radius 2 is 1.96 bits per heavy atom. The van der Waals surface area contributed by atoms with Crippen molar-refractivity contribution in [2.24, 2.45) is 0 Å². The molecule has 0 saturated carbocycles. The molecule has 7 nitrogen and oxygen atoms in total. The summed E-state index contributed by atoms with van der Waals surface area (Å²) in [4.78, 5) is 29.9. The number of non-ortho nitro benzene ring substituents is 1. The standard InChI is InChI=1S/C15H14ClN3O4/c1-3-13(20)23-14-9(2)17-12(18-15(14)16)8-10-4-6-11(7-5-10)19(21)22/h4-7H,3,8H2,1-2H3. The highest BCUT2D eigenvalue weighted by molar-refractivity contribution is 6.31. The molecule has 0 aliphatic carbocycles. The van der Waals surface area contributed by atoms with E-state index in [1.54, 1.807) is 26.0 Å². The molecule has 1 aromatic heterocycles. The van der Waals surface area contributed by atoms with Crippen LogP contribution in [0.1, 0.15) is 30.4 Å². The third-order valence-electron chi connectivity index (χ3n) is 3.05. The molecular weight excluding hydrogens is 322 g/mol. The van der Waals surface area contributed by atoms with Gasteiger partial charge in [0.2, 0.25) is 0 Å². The molecule has 0 fully saturated rings. The van der Waals surface area contributed by atoms with Crippen LogP contribution in [0.25, 0.3) is 0 Å². The second kappa shape index (κ2) is 7.15. The number of benzene rings is 1. The quantitative estimate of drug-likeness (QED) is 0.360. The fourth-order valence-electron chi connectivity index (χ4n) is 1.88. The van der Waals surface area contributed by atoms with Crippen molar-refractivity contribution in [1.29, 1.82) is 0 Å². The van der Waals surface area contributed by atoms with E-state index in [-0.39, 0.29) is 23.0 Å².